The fourth-order valence-corrected chi connectivity index (χ4v) is 4.57. The number of anilines is 2. The van der Waals surface area contributed by atoms with E-state index < -0.39 is 17.4 Å². The van der Waals surface area contributed by atoms with Gasteiger partial charge in [0.15, 0.2) is 11.3 Å². The number of nitrogens with one attached hydrogen (secondary N) is 1. The number of hydrogen-bond donors (Lipinski definition) is 2. The monoisotopic (exact) mass is 446 g/mol. The van der Waals surface area contributed by atoms with Crippen LogP contribution < -0.4 is 15.0 Å². The van der Waals surface area contributed by atoms with Crippen molar-refractivity contribution in [2.75, 3.05) is 23.9 Å². The van der Waals surface area contributed by atoms with E-state index in [1.165, 1.54) is 7.11 Å². The molecule has 0 fully saturated rings. The number of hydrogen-bond acceptors (Lipinski definition) is 5. The summed E-state index contributed by atoms with van der Waals surface area (Å²) in [4.78, 5) is 28.4. The van der Waals surface area contributed by atoms with Crippen molar-refractivity contribution in [2.24, 2.45) is 5.92 Å². The first kappa shape index (κ1) is 20.6. The van der Waals surface area contributed by atoms with Crippen LogP contribution in [-0.4, -0.2) is 30.5 Å². The third kappa shape index (κ3) is 2.78. The Morgan fingerprint density at radius 2 is 1.87 bits per heavy atom. The molecule has 0 saturated carbocycles. The first-order valence-corrected chi connectivity index (χ1v) is 10.2. The fourth-order valence-electron chi connectivity index (χ4n) is 4.23. The summed E-state index contributed by atoms with van der Waals surface area (Å²) in [6.07, 6.45) is 0. The number of ketones is 1. The third-order valence-electron chi connectivity index (χ3n) is 5.51. The van der Waals surface area contributed by atoms with Gasteiger partial charge in [-0.25, -0.2) is 0 Å². The lowest BCUT2D eigenvalue weighted by atomic mass is 9.79. The van der Waals surface area contributed by atoms with Crippen molar-refractivity contribution in [3.8, 4) is 5.75 Å². The molecule has 8 heteroatoms. The maximum atomic E-state index is 13.6. The van der Waals surface area contributed by atoms with E-state index in [4.69, 9.17) is 27.9 Å². The van der Waals surface area contributed by atoms with Crippen molar-refractivity contribution < 1.29 is 19.4 Å². The molecule has 0 aliphatic carbocycles. The number of amides is 1. The average Bonchev–Trinajstić information content (AvgIpc) is 3.15. The van der Waals surface area contributed by atoms with Gasteiger partial charge in [-0.1, -0.05) is 43.1 Å². The van der Waals surface area contributed by atoms with Gasteiger partial charge in [-0.15, -0.1) is 0 Å². The first-order valence-electron chi connectivity index (χ1n) is 9.41. The maximum absolute atomic E-state index is 13.6. The van der Waals surface area contributed by atoms with Gasteiger partial charge in [0.2, 0.25) is 0 Å². The van der Waals surface area contributed by atoms with Crippen molar-refractivity contribution in [1.82, 2.24) is 0 Å². The third-order valence-corrected chi connectivity index (χ3v) is 5.98. The smallest absolute Gasteiger partial charge is 0.260 e. The second-order valence-corrected chi connectivity index (χ2v) is 8.47. The molecule has 30 heavy (non-hydrogen) atoms. The number of nitrogens with zero attached hydrogens (tertiary/aromatic N) is 1. The molecule has 156 valence electrons. The van der Waals surface area contributed by atoms with Gasteiger partial charge in [-0.05, 0) is 30.3 Å². The molecule has 2 N–H and O–H groups in total. The van der Waals surface area contributed by atoms with Crippen LogP contribution in [0.25, 0.3) is 0 Å². The Hall–Kier alpha value is -2.70. The summed E-state index contributed by atoms with van der Waals surface area (Å²) in [6.45, 7) is 3.41. The van der Waals surface area contributed by atoms with E-state index in [2.05, 4.69) is 5.32 Å². The predicted molar refractivity (Wildman–Crippen MR) is 117 cm³/mol. The Kier molecular flexibility index (Phi) is 4.95. The number of aliphatic hydroxyl groups is 1. The quantitative estimate of drug-likeness (QED) is 0.710. The highest BCUT2D eigenvalue weighted by molar-refractivity contribution is 6.32. The van der Waals surface area contributed by atoms with Crippen LogP contribution in [0.15, 0.2) is 47.7 Å². The van der Waals surface area contributed by atoms with Crippen molar-refractivity contribution in [3.05, 3.63) is 63.3 Å². The van der Waals surface area contributed by atoms with Crippen molar-refractivity contribution in [2.45, 2.75) is 19.4 Å². The molecular formula is C22H20Cl2N2O4. The topological polar surface area (TPSA) is 78.9 Å². The van der Waals surface area contributed by atoms with E-state index >= 15 is 0 Å². The Balaban J connectivity index is 2.05. The van der Waals surface area contributed by atoms with Crippen LogP contribution >= 0.6 is 23.2 Å². The standard InChI is InChI=1S/C22H20Cl2N2O4/c1-11(2)20(28)19-17(27)10-26(16-9-13(24)5-7-18(16)30-3)22(19)14-6-4-12(23)8-15(14)25-21(22)29/h4-9,11,27H,10H2,1-3H3,(H,25,29). The lowest BCUT2D eigenvalue weighted by Gasteiger charge is -2.37. The second-order valence-electron chi connectivity index (χ2n) is 7.60. The van der Waals surface area contributed by atoms with Crippen molar-refractivity contribution >= 4 is 46.3 Å². The van der Waals surface area contributed by atoms with Gasteiger partial charge in [0, 0.05) is 27.2 Å². The Morgan fingerprint density at radius 3 is 2.53 bits per heavy atom. The minimum absolute atomic E-state index is 0.0538. The van der Waals surface area contributed by atoms with E-state index in [1.807, 2.05) is 0 Å². The molecule has 2 aliphatic rings. The molecule has 1 atom stereocenters. The summed E-state index contributed by atoms with van der Waals surface area (Å²) in [5.74, 6) is -0.887. The van der Waals surface area contributed by atoms with Crippen LogP contribution in [0, 0.1) is 5.92 Å². The summed E-state index contributed by atoms with van der Waals surface area (Å²) in [6, 6.07) is 9.99. The number of halogens is 2. The molecule has 4 rings (SSSR count). The van der Waals surface area contributed by atoms with E-state index in [9.17, 15) is 14.7 Å². The van der Waals surface area contributed by atoms with Crippen LogP contribution in [0.1, 0.15) is 19.4 Å². The summed E-state index contributed by atoms with van der Waals surface area (Å²) in [5, 5.41) is 14.6. The average molecular weight is 447 g/mol. The van der Waals surface area contributed by atoms with Crippen LogP contribution in [0.3, 0.4) is 0 Å². The normalized spacial score (nSPS) is 20.2. The highest BCUT2D eigenvalue weighted by Gasteiger charge is 2.61. The zero-order valence-corrected chi connectivity index (χ0v) is 18.1. The van der Waals surface area contributed by atoms with E-state index in [-0.39, 0.29) is 23.7 Å². The van der Waals surface area contributed by atoms with Crippen molar-refractivity contribution in [1.29, 1.82) is 0 Å². The number of Topliss-reactive ketones (excluding diaryl/α,β-unsaturated/α-hetero) is 1. The number of methoxy groups -OCH3 is 1. The number of fused-ring (bicyclic) bond motifs is 2. The zero-order valence-electron chi connectivity index (χ0n) is 16.6. The molecule has 6 nitrogen and oxygen atoms in total. The molecule has 1 amide bonds. The molecule has 2 aromatic carbocycles. The predicted octanol–water partition coefficient (Wildman–Crippen LogP) is 4.71. The van der Waals surface area contributed by atoms with Gasteiger partial charge < -0.3 is 20.1 Å². The number of carbonyl (C=O) groups excluding carboxylic acids is 2. The zero-order chi connectivity index (χ0) is 21.8. The molecule has 2 aliphatic heterocycles. The molecule has 0 bridgehead atoms. The fraction of sp³-hybridized carbons (Fsp3) is 0.273. The SMILES string of the molecule is COc1ccc(Cl)cc1N1CC(O)=C(C(=O)C(C)C)C12C(=O)Nc1cc(Cl)ccc12. The summed E-state index contributed by atoms with van der Waals surface area (Å²) in [5.41, 5.74) is -0.00283. The highest BCUT2D eigenvalue weighted by atomic mass is 35.5. The molecule has 2 heterocycles. The number of benzene rings is 2. The van der Waals surface area contributed by atoms with Crippen molar-refractivity contribution in [3.63, 3.8) is 0 Å². The molecule has 0 radical (unpaired) electrons. The highest BCUT2D eigenvalue weighted by Crippen LogP contribution is 2.54. The van der Waals surface area contributed by atoms with Gasteiger partial charge in [-0.2, -0.15) is 0 Å². The minimum atomic E-state index is -1.57. The summed E-state index contributed by atoms with van der Waals surface area (Å²) < 4.78 is 5.50. The second kappa shape index (κ2) is 7.22. The number of carbonyl (C=O) groups is 2. The molecule has 1 unspecified atom stereocenters. The van der Waals surface area contributed by atoms with Gasteiger partial charge in [0.1, 0.15) is 11.5 Å². The summed E-state index contributed by atoms with van der Waals surface area (Å²) >= 11 is 12.4. The van der Waals surface area contributed by atoms with E-state index in [0.29, 0.717) is 32.7 Å². The summed E-state index contributed by atoms with van der Waals surface area (Å²) in [7, 11) is 1.51. The lowest BCUT2D eigenvalue weighted by molar-refractivity contribution is -0.124. The molecule has 2 aromatic rings. The lowest BCUT2D eigenvalue weighted by Crippen LogP contribution is -2.51. The minimum Gasteiger partial charge on any atom is -0.510 e. The van der Waals surface area contributed by atoms with Crippen LogP contribution in [0.2, 0.25) is 10.0 Å². The Bertz CT molecular complexity index is 1110. The molecule has 0 saturated heterocycles. The van der Waals surface area contributed by atoms with Gasteiger partial charge >= 0.3 is 0 Å². The van der Waals surface area contributed by atoms with Gasteiger partial charge in [0.05, 0.1) is 24.9 Å². The Morgan fingerprint density at radius 1 is 1.20 bits per heavy atom. The number of ether oxygens (including phenoxy) is 1. The first-order chi connectivity index (χ1) is 14.2. The van der Waals surface area contributed by atoms with Gasteiger partial charge in [0.25, 0.3) is 5.91 Å². The van der Waals surface area contributed by atoms with Crippen LogP contribution in [-0.2, 0) is 15.1 Å². The number of aliphatic hydroxyl groups excluding tert-OH is 1. The largest absolute Gasteiger partial charge is 0.510 e. The van der Waals surface area contributed by atoms with Crippen LogP contribution in [0.4, 0.5) is 11.4 Å². The van der Waals surface area contributed by atoms with Crippen LogP contribution in [0.5, 0.6) is 5.75 Å². The van der Waals surface area contributed by atoms with E-state index in [1.54, 1.807) is 55.1 Å². The number of rotatable bonds is 4. The molecule has 0 aromatic heterocycles. The van der Waals surface area contributed by atoms with E-state index in [0.717, 1.165) is 0 Å². The Labute approximate surface area is 184 Å². The molecular weight excluding hydrogens is 427 g/mol. The maximum Gasteiger partial charge on any atom is 0.260 e. The molecule has 1 spiro atoms. The van der Waals surface area contributed by atoms with Gasteiger partial charge in [-0.3, -0.25) is 9.59 Å².